The minimum absolute atomic E-state index is 0.0603. The predicted molar refractivity (Wildman–Crippen MR) is 43.6 cm³/mol. The van der Waals surface area contributed by atoms with Gasteiger partial charge in [-0.3, -0.25) is 0 Å². The highest BCUT2D eigenvalue weighted by Gasteiger charge is 2.32. The first-order valence-corrected chi connectivity index (χ1v) is 4.16. The van der Waals surface area contributed by atoms with E-state index in [1.165, 1.54) is 6.07 Å². The lowest BCUT2D eigenvalue weighted by Gasteiger charge is -2.09. The van der Waals surface area contributed by atoms with Crippen LogP contribution in [0.3, 0.4) is 0 Å². The lowest BCUT2D eigenvalue weighted by Crippen LogP contribution is -2.17. The zero-order valence-electron chi connectivity index (χ0n) is 7.41. The molecule has 1 aromatic rings. The maximum atomic E-state index is 11.9. The van der Waals surface area contributed by atoms with Crippen molar-refractivity contribution in [3.8, 4) is 11.5 Å². The van der Waals surface area contributed by atoms with Crippen molar-refractivity contribution in [2.75, 3.05) is 6.61 Å². The first-order chi connectivity index (χ1) is 6.96. The number of ether oxygens (including phenoxy) is 2. The molecule has 1 heterocycles. The van der Waals surface area contributed by atoms with Gasteiger partial charge in [-0.05, 0) is 12.1 Å². The van der Waals surface area contributed by atoms with Crippen LogP contribution in [0, 0.1) is 0 Å². The van der Waals surface area contributed by atoms with Crippen molar-refractivity contribution in [1.82, 2.24) is 0 Å². The summed E-state index contributed by atoms with van der Waals surface area (Å²) in [4.78, 5) is 0. The zero-order valence-corrected chi connectivity index (χ0v) is 7.41. The molecule has 1 atom stereocenters. The first kappa shape index (κ1) is 10.1. The van der Waals surface area contributed by atoms with Gasteiger partial charge in [0.25, 0.3) is 0 Å². The number of rotatable bonds is 1. The fraction of sp³-hybridized carbons (Fsp3) is 0.333. The molecule has 0 spiro atoms. The monoisotopic (exact) mass is 220 g/mol. The minimum Gasteiger partial charge on any atom is -0.490 e. The van der Waals surface area contributed by atoms with Crippen molar-refractivity contribution < 1.29 is 27.8 Å². The van der Waals surface area contributed by atoms with Crippen LogP contribution in [0.15, 0.2) is 18.2 Å². The van der Waals surface area contributed by atoms with E-state index in [2.05, 4.69) is 4.74 Å². The Bertz CT molecular complexity index is 375. The van der Waals surface area contributed by atoms with E-state index in [4.69, 9.17) is 4.74 Å². The highest BCUT2D eigenvalue weighted by Crippen LogP contribution is 2.36. The summed E-state index contributed by atoms with van der Waals surface area (Å²) in [6.45, 7) is 0.0603. The molecule has 82 valence electrons. The van der Waals surface area contributed by atoms with Crippen molar-refractivity contribution in [3.05, 3.63) is 23.8 Å². The van der Waals surface area contributed by atoms with Gasteiger partial charge in [0.1, 0.15) is 24.2 Å². The van der Waals surface area contributed by atoms with Crippen LogP contribution in [0.1, 0.15) is 11.7 Å². The molecular formula is C9H7F3O3. The Labute approximate surface area is 83.0 Å². The molecule has 15 heavy (non-hydrogen) atoms. The molecule has 0 saturated heterocycles. The molecule has 0 saturated carbocycles. The molecule has 1 N–H and O–H groups in total. The normalized spacial score (nSPS) is 19.6. The summed E-state index contributed by atoms with van der Waals surface area (Å²) in [5.74, 6) is -0.125. The quantitative estimate of drug-likeness (QED) is 0.786. The number of aliphatic hydroxyl groups excluding tert-OH is 1. The molecule has 1 aliphatic rings. The third-order valence-electron chi connectivity index (χ3n) is 1.97. The lowest BCUT2D eigenvalue weighted by molar-refractivity contribution is -0.274. The second kappa shape index (κ2) is 3.30. The average Bonchev–Trinajstić information content (AvgIpc) is 2.45. The molecule has 1 aliphatic heterocycles. The Kier molecular flexibility index (Phi) is 2.22. The fourth-order valence-electron chi connectivity index (χ4n) is 1.37. The summed E-state index contributed by atoms with van der Waals surface area (Å²) in [7, 11) is 0. The van der Waals surface area contributed by atoms with Gasteiger partial charge in [0.2, 0.25) is 0 Å². The van der Waals surface area contributed by atoms with Crippen LogP contribution in [0.2, 0.25) is 0 Å². The maximum Gasteiger partial charge on any atom is 0.573 e. The van der Waals surface area contributed by atoms with Gasteiger partial charge >= 0.3 is 6.36 Å². The molecule has 0 fully saturated rings. The van der Waals surface area contributed by atoms with Crippen LogP contribution < -0.4 is 9.47 Å². The van der Waals surface area contributed by atoms with Crippen LogP contribution in [0.4, 0.5) is 13.2 Å². The highest BCUT2D eigenvalue weighted by molar-refractivity contribution is 5.44. The number of fused-ring (bicyclic) bond motifs is 1. The third kappa shape index (κ3) is 2.15. The van der Waals surface area contributed by atoms with E-state index in [9.17, 15) is 18.3 Å². The Balaban J connectivity index is 2.24. The average molecular weight is 220 g/mol. The van der Waals surface area contributed by atoms with Gasteiger partial charge in [0, 0.05) is 11.6 Å². The number of hydrogen-bond acceptors (Lipinski definition) is 3. The molecule has 0 aromatic heterocycles. The number of hydrogen-bond donors (Lipinski definition) is 1. The van der Waals surface area contributed by atoms with Gasteiger partial charge in [-0.15, -0.1) is 13.2 Å². The fourth-order valence-corrected chi connectivity index (χ4v) is 1.37. The number of halogens is 3. The summed E-state index contributed by atoms with van der Waals surface area (Å²) in [6, 6.07) is 3.61. The number of benzene rings is 1. The van der Waals surface area contributed by atoms with E-state index in [-0.39, 0.29) is 18.1 Å². The first-order valence-electron chi connectivity index (χ1n) is 4.16. The summed E-state index contributed by atoms with van der Waals surface area (Å²) >= 11 is 0. The van der Waals surface area contributed by atoms with Gasteiger partial charge in [0.05, 0.1) is 0 Å². The van der Waals surface area contributed by atoms with Gasteiger partial charge in [-0.2, -0.15) is 0 Å². The molecule has 1 aromatic carbocycles. The van der Waals surface area contributed by atoms with Gasteiger partial charge < -0.3 is 14.6 Å². The molecule has 6 heteroatoms. The van der Waals surface area contributed by atoms with Gasteiger partial charge in [-0.1, -0.05) is 0 Å². The van der Waals surface area contributed by atoms with E-state index in [1.807, 2.05) is 0 Å². The van der Waals surface area contributed by atoms with Crippen molar-refractivity contribution in [2.24, 2.45) is 0 Å². The molecule has 0 aliphatic carbocycles. The largest absolute Gasteiger partial charge is 0.573 e. The summed E-state index contributed by atoms with van der Waals surface area (Å²) in [5.41, 5.74) is 0.476. The minimum atomic E-state index is -4.72. The van der Waals surface area contributed by atoms with E-state index < -0.39 is 12.5 Å². The van der Waals surface area contributed by atoms with Crippen LogP contribution in [-0.2, 0) is 0 Å². The van der Waals surface area contributed by atoms with Crippen LogP contribution >= 0.6 is 0 Å². The second-order valence-electron chi connectivity index (χ2n) is 3.07. The van der Waals surface area contributed by atoms with Gasteiger partial charge in [0.15, 0.2) is 0 Å². The topological polar surface area (TPSA) is 38.7 Å². The molecule has 0 radical (unpaired) electrons. The molecule has 2 rings (SSSR count). The summed E-state index contributed by atoms with van der Waals surface area (Å²) in [6.07, 6.45) is -5.49. The standard InChI is InChI=1S/C9H7F3O3/c10-9(11,12)15-5-1-2-6-7(13)4-14-8(6)3-5/h1-3,7,13H,4H2. The zero-order chi connectivity index (χ0) is 11.1. The SMILES string of the molecule is OC1COc2cc(OC(F)(F)F)ccc21. The van der Waals surface area contributed by atoms with Crippen LogP contribution in [-0.4, -0.2) is 18.1 Å². The Hall–Kier alpha value is -1.43. The second-order valence-corrected chi connectivity index (χ2v) is 3.07. The molecule has 0 amide bonds. The Morgan fingerprint density at radius 3 is 2.80 bits per heavy atom. The van der Waals surface area contributed by atoms with Crippen LogP contribution in [0.5, 0.6) is 11.5 Å². The number of alkyl halides is 3. The highest BCUT2D eigenvalue weighted by atomic mass is 19.4. The van der Waals surface area contributed by atoms with Gasteiger partial charge in [-0.25, -0.2) is 0 Å². The molecule has 0 bridgehead atoms. The molecular weight excluding hydrogens is 213 g/mol. The lowest BCUT2D eigenvalue weighted by atomic mass is 10.1. The maximum absolute atomic E-state index is 11.9. The van der Waals surface area contributed by atoms with E-state index >= 15 is 0 Å². The predicted octanol–water partition coefficient (Wildman–Crippen LogP) is 2.01. The Morgan fingerprint density at radius 2 is 2.13 bits per heavy atom. The van der Waals surface area contributed by atoms with Crippen molar-refractivity contribution in [3.63, 3.8) is 0 Å². The van der Waals surface area contributed by atoms with E-state index in [1.54, 1.807) is 0 Å². The molecule has 1 unspecified atom stereocenters. The molecule has 3 nitrogen and oxygen atoms in total. The number of aliphatic hydroxyl groups is 1. The summed E-state index contributed by atoms with van der Waals surface area (Å²) in [5, 5.41) is 9.32. The van der Waals surface area contributed by atoms with Crippen molar-refractivity contribution in [2.45, 2.75) is 12.5 Å². The van der Waals surface area contributed by atoms with Crippen molar-refractivity contribution >= 4 is 0 Å². The van der Waals surface area contributed by atoms with Crippen LogP contribution in [0.25, 0.3) is 0 Å². The Morgan fingerprint density at radius 1 is 1.40 bits per heavy atom. The smallest absolute Gasteiger partial charge is 0.490 e. The van der Waals surface area contributed by atoms with E-state index in [0.717, 1.165) is 12.1 Å². The summed E-state index contributed by atoms with van der Waals surface area (Å²) < 4.78 is 44.2. The third-order valence-corrected chi connectivity index (χ3v) is 1.97. The van der Waals surface area contributed by atoms with Crippen molar-refractivity contribution in [1.29, 1.82) is 0 Å². The van der Waals surface area contributed by atoms with E-state index in [0.29, 0.717) is 5.56 Å².